The molecule has 1 aliphatic carbocycles. The second kappa shape index (κ2) is 5.01. The number of nitrogens with zero attached hydrogens (tertiary/aromatic N) is 2. The molecule has 0 amide bonds. The van der Waals surface area contributed by atoms with Gasteiger partial charge >= 0.3 is 0 Å². The van der Waals surface area contributed by atoms with Crippen molar-refractivity contribution in [2.75, 3.05) is 18.2 Å². The normalized spacial score (nSPS) is 18.6. The van der Waals surface area contributed by atoms with Crippen molar-refractivity contribution in [3.05, 3.63) is 12.4 Å². The van der Waals surface area contributed by atoms with Gasteiger partial charge in [-0.3, -0.25) is 0 Å². The smallest absolute Gasteiger partial charge is 0.130 e. The van der Waals surface area contributed by atoms with Crippen molar-refractivity contribution in [1.29, 1.82) is 0 Å². The Morgan fingerprint density at radius 2 is 2.19 bits per heavy atom. The molecule has 1 heterocycles. The molecule has 1 aromatic heterocycles. The van der Waals surface area contributed by atoms with Crippen LogP contribution in [0.2, 0.25) is 0 Å². The first-order valence-electron chi connectivity index (χ1n) is 5.53. The molecule has 88 valence electrons. The van der Waals surface area contributed by atoms with Crippen molar-refractivity contribution in [2.24, 2.45) is 0 Å². The van der Waals surface area contributed by atoms with E-state index in [1.807, 2.05) is 12.3 Å². The van der Waals surface area contributed by atoms with Crippen molar-refractivity contribution in [2.45, 2.75) is 36.2 Å². The van der Waals surface area contributed by atoms with E-state index in [0.29, 0.717) is 0 Å². The minimum Gasteiger partial charge on any atom is -0.394 e. The Morgan fingerprint density at radius 1 is 1.44 bits per heavy atom. The number of hydrogen-bond donors (Lipinski definition) is 2. The molecule has 0 bridgehead atoms. The molecule has 2 rings (SSSR count). The maximum absolute atomic E-state index is 9.49. The summed E-state index contributed by atoms with van der Waals surface area (Å²) < 4.78 is 0. The second-order valence-electron chi connectivity index (χ2n) is 4.22. The Morgan fingerprint density at radius 3 is 2.81 bits per heavy atom. The molecular weight excluding hydrogens is 222 g/mol. The van der Waals surface area contributed by atoms with E-state index in [-0.39, 0.29) is 12.1 Å². The molecule has 1 aromatic rings. The van der Waals surface area contributed by atoms with Crippen molar-refractivity contribution in [1.82, 2.24) is 9.97 Å². The zero-order chi connectivity index (χ0) is 11.4. The highest BCUT2D eigenvalue weighted by atomic mass is 32.2. The first kappa shape index (κ1) is 11.7. The molecule has 0 saturated heterocycles. The first-order valence-corrected chi connectivity index (χ1v) is 6.75. The lowest BCUT2D eigenvalue weighted by molar-refractivity contribution is 0.214. The van der Waals surface area contributed by atoms with Gasteiger partial charge in [0.2, 0.25) is 0 Å². The Bertz CT molecular complexity index is 353. The third-order valence-electron chi connectivity index (χ3n) is 3.11. The van der Waals surface area contributed by atoms with Crippen LogP contribution in [0.25, 0.3) is 0 Å². The Balaban J connectivity index is 2.12. The topological polar surface area (TPSA) is 58.0 Å². The summed E-state index contributed by atoms with van der Waals surface area (Å²) in [6.07, 6.45) is 7.93. The van der Waals surface area contributed by atoms with E-state index >= 15 is 0 Å². The molecule has 0 atom stereocenters. The summed E-state index contributed by atoms with van der Waals surface area (Å²) in [4.78, 5) is 8.33. The number of aliphatic hydroxyl groups excluding tert-OH is 1. The van der Waals surface area contributed by atoms with Crippen LogP contribution < -0.4 is 5.32 Å². The maximum Gasteiger partial charge on any atom is 0.130 e. The van der Waals surface area contributed by atoms with Crippen LogP contribution in [0.15, 0.2) is 17.4 Å². The standard InChI is InChI=1S/C11H17N3OS/c1-16-10-6-9(12-8-13-10)14-11(7-15)4-2-3-5-11/h6,8,15H,2-5,7H2,1H3,(H,12,13,14). The Labute approximate surface area is 99.9 Å². The molecule has 0 radical (unpaired) electrons. The first-order chi connectivity index (χ1) is 7.78. The van der Waals surface area contributed by atoms with Crippen LogP contribution in [0.1, 0.15) is 25.7 Å². The predicted octanol–water partition coefficient (Wildman–Crippen LogP) is 1.92. The number of rotatable bonds is 4. The molecule has 1 aliphatic rings. The highest BCUT2D eigenvalue weighted by Gasteiger charge is 2.33. The second-order valence-corrected chi connectivity index (χ2v) is 5.04. The SMILES string of the molecule is CSc1cc(NC2(CO)CCCC2)ncn1. The lowest BCUT2D eigenvalue weighted by Crippen LogP contribution is -2.39. The van der Waals surface area contributed by atoms with Crippen molar-refractivity contribution in [3.8, 4) is 0 Å². The van der Waals surface area contributed by atoms with Gasteiger partial charge in [0.25, 0.3) is 0 Å². The average molecular weight is 239 g/mol. The molecule has 0 aromatic carbocycles. The van der Waals surface area contributed by atoms with Gasteiger partial charge in [0.15, 0.2) is 0 Å². The lowest BCUT2D eigenvalue weighted by atomic mass is 9.99. The van der Waals surface area contributed by atoms with E-state index in [4.69, 9.17) is 0 Å². The summed E-state index contributed by atoms with van der Waals surface area (Å²) in [6.45, 7) is 0.172. The summed E-state index contributed by atoms with van der Waals surface area (Å²) in [5, 5.41) is 13.8. The summed E-state index contributed by atoms with van der Waals surface area (Å²) in [7, 11) is 0. The lowest BCUT2D eigenvalue weighted by Gasteiger charge is -2.28. The fraction of sp³-hybridized carbons (Fsp3) is 0.636. The molecule has 0 spiro atoms. The van der Waals surface area contributed by atoms with Gasteiger partial charge in [0.05, 0.1) is 12.1 Å². The van der Waals surface area contributed by atoms with Crippen LogP contribution in [-0.2, 0) is 0 Å². The molecule has 2 N–H and O–H groups in total. The zero-order valence-corrected chi connectivity index (χ0v) is 10.3. The van der Waals surface area contributed by atoms with Gasteiger partial charge in [-0.2, -0.15) is 0 Å². The highest BCUT2D eigenvalue weighted by Crippen LogP contribution is 2.32. The third-order valence-corrected chi connectivity index (χ3v) is 3.75. The van der Waals surface area contributed by atoms with Gasteiger partial charge in [-0.1, -0.05) is 12.8 Å². The van der Waals surface area contributed by atoms with Crippen LogP contribution in [0.5, 0.6) is 0 Å². The zero-order valence-electron chi connectivity index (χ0n) is 9.44. The fourth-order valence-electron chi connectivity index (χ4n) is 2.17. The van der Waals surface area contributed by atoms with Gasteiger partial charge < -0.3 is 10.4 Å². The minimum absolute atomic E-state index is 0.163. The quantitative estimate of drug-likeness (QED) is 0.621. The number of hydrogen-bond acceptors (Lipinski definition) is 5. The van der Waals surface area contributed by atoms with Crippen LogP contribution in [0, 0.1) is 0 Å². The molecular formula is C11H17N3OS. The number of thioether (sulfide) groups is 1. The Hall–Kier alpha value is -0.810. The van der Waals surface area contributed by atoms with Gasteiger partial charge in [-0.15, -0.1) is 11.8 Å². The van der Waals surface area contributed by atoms with Gasteiger partial charge in [0.1, 0.15) is 17.2 Å². The van der Waals surface area contributed by atoms with E-state index < -0.39 is 0 Å². The average Bonchev–Trinajstić information content (AvgIpc) is 2.78. The van der Waals surface area contributed by atoms with Crippen LogP contribution in [0.3, 0.4) is 0 Å². The minimum atomic E-state index is -0.163. The third kappa shape index (κ3) is 2.47. The van der Waals surface area contributed by atoms with E-state index in [2.05, 4.69) is 15.3 Å². The molecule has 1 fully saturated rings. The number of anilines is 1. The van der Waals surface area contributed by atoms with Crippen LogP contribution >= 0.6 is 11.8 Å². The van der Waals surface area contributed by atoms with E-state index in [1.54, 1.807) is 18.1 Å². The van der Waals surface area contributed by atoms with E-state index in [0.717, 1.165) is 23.7 Å². The molecule has 16 heavy (non-hydrogen) atoms. The van der Waals surface area contributed by atoms with Gasteiger partial charge in [-0.25, -0.2) is 9.97 Å². The number of aliphatic hydroxyl groups is 1. The highest BCUT2D eigenvalue weighted by molar-refractivity contribution is 7.98. The molecule has 4 nitrogen and oxygen atoms in total. The van der Waals surface area contributed by atoms with Crippen molar-refractivity contribution < 1.29 is 5.11 Å². The summed E-state index contributed by atoms with van der Waals surface area (Å²) in [6, 6.07) is 1.93. The Kier molecular flexibility index (Phi) is 3.66. The van der Waals surface area contributed by atoms with Crippen LogP contribution in [-0.4, -0.2) is 33.5 Å². The molecule has 0 aliphatic heterocycles. The summed E-state index contributed by atoms with van der Waals surface area (Å²) in [5.41, 5.74) is -0.163. The van der Waals surface area contributed by atoms with Crippen molar-refractivity contribution >= 4 is 17.6 Å². The summed E-state index contributed by atoms with van der Waals surface area (Å²) >= 11 is 1.59. The molecule has 0 unspecified atom stereocenters. The van der Waals surface area contributed by atoms with E-state index in [9.17, 15) is 5.11 Å². The summed E-state index contributed by atoms with van der Waals surface area (Å²) in [5.74, 6) is 0.815. The van der Waals surface area contributed by atoms with E-state index in [1.165, 1.54) is 12.8 Å². The monoisotopic (exact) mass is 239 g/mol. The maximum atomic E-state index is 9.49. The molecule has 1 saturated carbocycles. The largest absolute Gasteiger partial charge is 0.394 e. The predicted molar refractivity (Wildman–Crippen MR) is 65.7 cm³/mol. The van der Waals surface area contributed by atoms with Gasteiger partial charge in [-0.05, 0) is 19.1 Å². The van der Waals surface area contributed by atoms with Gasteiger partial charge in [0, 0.05) is 6.07 Å². The number of aromatic nitrogens is 2. The van der Waals surface area contributed by atoms with Crippen LogP contribution in [0.4, 0.5) is 5.82 Å². The molecule has 5 heteroatoms. The number of nitrogens with one attached hydrogen (secondary N) is 1. The van der Waals surface area contributed by atoms with Crippen molar-refractivity contribution in [3.63, 3.8) is 0 Å². The fourth-order valence-corrected chi connectivity index (χ4v) is 2.55.